The summed E-state index contributed by atoms with van der Waals surface area (Å²) < 4.78 is 0. The SMILES string of the molecule is CSC(CO)C(C)NC(=O)c1ccc2[nH]c(C)c(C)c2c1. The summed E-state index contributed by atoms with van der Waals surface area (Å²) in [5.74, 6) is -0.102. The molecule has 1 aromatic heterocycles. The number of carbonyl (C=O) groups is 1. The molecule has 3 N–H and O–H groups in total. The monoisotopic (exact) mass is 306 g/mol. The van der Waals surface area contributed by atoms with Gasteiger partial charge in [0.05, 0.1) is 6.61 Å². The van der Waals surface area contributed by atoms with Gasteiger partial charge in [-0.25, -0.2) is 0 Å². The minimum atomic E-state index is -0.102. The van der Waals surface area contributed by atoms with Gasteiger partial charge in [-0.3, -0.25) is 4.79 Å². The molecule has 1 amide bonds. The first kappa shape index (κ1) is 15.9. The van der Waals surface area contributed by atoms with Crippen LogP contribution in [0.15, 0.2) is 18.2 Å². The van der Waals surface area contributed by atoms with E-state index >= 15 is 0 Å². The van der Waals surface area contributed by atoms with E-state index in [2.05, 4.69) is 10.3 Å². The lowest BCUT2D eigenvalue weighted by molar-refractivity contribution is 0.0936. The second-order valence-electron chi connectivity index (χ2n) is 5.35. The largest absolute Gasteiger partial charge is 0.395 e. The lowest BCUT2D eigenvalue weighted by atomic mass is 10.1. The highest BCUT2D eigenvalue weighted by molar-refractivity contribution is 7.99. The van der Waals surface area contributed by atoms with Gasteiger partial charge in [0.1, 0.15) is 0 Å². The summed E-state index contributed by atoms with van der Waals surface area (Å²) in [7, 11) is 0. The number of aromatic amines is 1. The predicted octanol–water partition coefficient (Wildman–Crippen LogP) is 2.63. The average molecular weight is 306 g/mol. The first-order valence-electron chi connectivity index (χ1n) is 7.01. The van der Waals surface area contributed by atoms with E-state index in [-0.39, 0.29) is 23.8 Å². The van der Waals surface area contributed by atoms with Crippen LogP contribution in [-0.4, -0.2) is 40.2 Å². The fraction of sp³-hybridized carbons (Fsp3) is 0.438. The van der Waals surface area contributed by atoms with Gasteiger partial charge in [0.25, 0.3) is 5.91 Å². The van der Waals surface area contributed by atoms with Crippen molar-refractivity contribution in [2.24, 2.45) is 0 Å². The molecule has 0 aliphatic rings. The maximum absolute atomic E-state index is 12.3. The molecule has 2 rings (SSSR count). The molecule has 0 aliphatic carbocycles. The summed E-state index contributed by atoms with van der Waals surface area (Å²) in [6, 6.07) is 5.60. The number of aryl methyl sites for hydroxylation is 2. The third-order valence-electron chi connectivity index (χ3n) is 3.97. The molecule has 2 unspecified atom stereocenters. The predicted molar refractivity (Wildman–Crippen MR) is 89.1 cm³/mol. The second-order valence-corrected chi connectivity index (χ2v) is 6.43. The molecule has 21 heavy (non-hydrogen) atoms. The Morgan fingerprint density at radius 3 is 2.76 bits per heavy atom. The Bertz CT molecular complexity index is 647. The maximum atomic E-state index is 12.3. The van der Waals surface area contributed by atoms with Crippen molar-refractivity contribution in [1.82, 2.24) is 10.3 Å². The average Bonchev–Trinajstić information content (AvgIpc) is 2.75. The second kappa shape index (κ2) is 6.54. The Kier molecular flexibility index (Phi) is 4.96. The minimum absolute atomic E-state index is 0.00826. The highest BCUT2D eigenvalue weighted by atomic mass is 32.2. The van der Waals surface area contributed by atoms with Crippen LogP contribution in [0, 0.1) is 13.8 Å². The van der Waals surface area contributed by atoms with E-state index in [0.29, 0.717) is 5.56 Å². The first-order chi connectivity index (χ1) is 9.97. The van der Waals surface area contributed by atoms with Crippen LogP contribution in [0.4, 0.5) is 0 Å². The number of fused-ring (bicyclic) bond motifs is 1. The van der Waals surface area contributed by atoms with Crippen molar-refractivity contribution in [3.05, 3.63) is 35.0 Å². The Hall–Kier alpha value is -1.46. The van der Waals surface area contributed by atoms with E-state index in [4.69, 9.17) is 0 Å². The molecule has 2 aromatic rings. The summed E-state index contributed by atoms with van der Waals surface area (Å²) >= 11 is 1.55. The zero-order valence-electron chi connectivity index (χ0n) is 12.9. The van der Waals surface area contributed by atoms with Crippen LogP contribution < -0.4 is 5.32 Å². The Morgan fingerprint density at radius 1 is 1.43 bits per heavy atom. The van der Waals surface area contributed by atoms with Crippen LogP contribution in [0.1, 0.15) is 28.5 Å². The van der Waals surface area contributed by atoms with Gasteiger partial charge in [-0.2, -0.15) is 11.8 Å². The quantitative estimate of drug-likeness (QED) is 0.795. The van der Waals surface area contributed by atoms with Gasteiger partial charge in [0, 0.05) is 33.5 Å². The molecule has 4 nitrogen and oxygen atoms in total. The fourth-order valence-electron chi connectivity index (χ4n) is 2.42. The number of aliphatic hydroxyl groups is 1. The number of rotatable bonds is 5. The Morgan fingerprint density at radius 2 is 2.14 bits per heavy atom. The van der Waals surface area contributed by atoms with E-state index in [0.717, 1.165) is 16.6 Å². The zero-order chi connectivity index (χ0) is 15.6. The topological polar surface area (TPSA) is 65.1 Å². The molecule has 0 saturated carbocycles. The number of nitrogens with one attached hydrogen (secondary N) is 2. The third-order valence-corrected chi connectivity index (χ3v) is 5.13. The van der Waals surface area contributed by atoms with Crippen molar-refractivity contribution in [3.8, 4) is 0 Å². The smallest absolute Gasteiger partial charge is 0.251 e. The number of hydrogen-bond donors (Lipinski definition) is 3. The number of H-pyrrole nitrogens is 1. The number of amides is 1. The van der Waals surface area contributed by atoms with Gasteiger partial charge in [-0.05, 0) is 50.8 Å². The zero-order valence-corrected chi connectivity index (χ0v) is 13.7. The highest BCUT2D eigenvalue weighted by Crippen LogP contribution is 2.22. The van der Waals surface area contributed by atoms with Crippen molar-refractivity contribution in [3.63, 3.8) is 0 Å². The lowest BCUT2D eigenvalue weighted by Crippen LogP contribution is -2.41. The molecule has 1 aromatic carbocycles. The molecule has 2 atom stereocenters. The number of thioether (sulfide) groups is 1. The minimum Gasteiger partial charge on any atom is -0.395 e. The molecular formula is C16H22N2O2S. The third kappa shape index (κ3) is 3.24. The van der Waals surface area contributed by atoms with E-state index in [1.807, 2.05) is 45.2 Å². The number of aromatic nitrogens is 1. The first-order valence-corrected chi connectivity index (χ1v) is 8.30. The molecule has 0 spiro atoms. The van der Waals surface area contributed by atoms with Crippen molar-refractivity contribution in [2.75, 3.05) is 12.9 Å². The number of hydrogen-bond acceptors (Lipinski definition) is 3. The summed E-state index contributed by atoms with van der Waals surface area (Å²) in [6.45, 7) is 6.05. The Balaban J connectivity index is 2.21. The van der Waals surface area contributed by atoms with Gasteiger partial charge >= 0.3 is 0 Å². The fourth-order valence-corrected chi connectivity index (χ4v) is 3.05. The van der Waals surface area contributed by atoms with E-state index in [1.54, 1.807) is 11.8 Å². The van der Waals surface area contributed by atoms with Crippen LogP contribution in [0.25, 0.3) is 10.9 Å². The molecule has 1 heterocycles. The van der Waals surface area contributed by atoms with E-state index < -0.39 is 0 Å². The normalized spacial score (nSPS) is 14.1. The molecule has 5 heteroatoms. The van der Waals surface area contributed by atoms with Crippen molar-refractivity contribution >= 4 is 28.6 Å². The number of benzene rings is 1. The molecule has 0 saturated heterocycles. The summed E-state index contributed by atoms with van der Waals surface area (Å²) in [5.41, 5.74) is 3.99. The van der Waals surface area contributed by atoms with E-state index in [9.17, 15) is 9.90 Å². The van der Waals surface area contributed by atoms with Gasteiger partial charge < -0.3 is 15.4 Å². The summed E-state index contributed by atoms with van der Waals surface area (Å²) in [6.07, 6.45) is 1.93. The maximum Gasteiger partial charge on any atom is 0.251 e. The summed E-state index contributed by atoms with van der Waals surface area (Å²) in [4.78, 5) is 15.6. The molecule has 0 bridgehead atoms. The van der Waals surface area contributed by atoms with Crippen molar-refractivity contribution in [1.29, 1.82) is 0 Å². The number of aliphatic hydroxyl groups excluding tert-OH is 1. The van der Waals surface area contributed by atoms with Crippen molar-refractivity contribution in [2.45, 2.75) is 32.1 Å². The standard InChI is InChI=1S/C16H22N2O2S/c1-9-10(2)17-14-6-5-12(7-13(9)14)16(20)18-11(3)15(8-19)21-4/h5-7,11,15,17,19H,8H2,1-4H3,(H,18,20). The van der Waals surface area contributed by atoms with Gasteiger partial charge in [0.2, 0.25) is 0 Å². The molecule has 0 aliphatic heterocycles. The molecule has 114 valence electrons. The van der Waals surface area contributed by atoms with Crippen LogP contribution in [0.3, 0.4) is 0 Å². The lowest BCUT2D eigenvalue weighted by Gasteiger charge is -2.21. The summed E-state index contributed by atoms with van der Waals surface area (Å²) in [5, 5.41) is 13.3. The van der Waals surface area contributed by atoms with Crippen molar-refractivity contribution < 1.29 is 9.90 Å². The molecule has 0 radical (unpaired) electrons. The highest BCUT2D eigenvalue weighted by Gasteiger charge is 2.18. The van der Waals surface area contributed by atoms with Crippen LogP contribution in [0.2, 0.25) is 0 Å². The molecule has 0 fully saturated rings. The van der Waals surface area contributed by atoms with Gasteiger partial charge in [-0.15, -0.1) is 0 Å². The van der Waals surface area contributed by atoms with Crippen LogP contribution in [-0.2, 0) is 0 Å². The van der Waals surface area contributed by atoms with Crippen LogP contribution >= 0.6 is 11.8 Å². The Labute approximate surface area is 129 Å². The van der Waals surface area contributed by atoms with Crippen LogP contribution in [0.5, 0.6) is 0 Å². The van der Waals surface area contributed by atoms with Gasteiger partial charge in [-0.1, -0.05) is 0 Å². The number of carbonyl (C=O) groups excluding carboxylic acids is 1. The van der Waals surface area contributed by atoms with E-state index in [1.165, 1.54) is 5.56 Å². The van der Waals surface area contributed by atoms with Gasteiger partial charge in [0.15, 0.2) is 0 Å². The molecular weight excluding hydrogens is 284 g/mol.